The average Bonchev–Trinajstić information content (AvgIpc) is 2.66. The number of hydrogen-bond acceptors (Lipinski definition) is 6. The number of carboxylic acid groups (broad SMARTS) is 1. The largest absolute Gasteiger partial charge is 0.495 e. The maximum atomic E-state index is 13.0. The zero-order valence-corrected chi connectivity index (χ0v) is 17.0. The van der Waals surface area contributed by atoms with E-state index in [4.69, 9.17) is 19.3 Å². The lowest BCUT2D eigenvalue weighted by Crippen LogP contribution is -2.17. The van der Waals surface area contributed by atoms with Crippen LogP contribution in [0.25, 0.3) is 6.08 Å². The first-order chi connectivity index (χ1) is 13.3. The van der Waals surface area contributed by atoms with Gasteiger partial charge in [-0.25, -0.2) is 13.2 Å². The number of hydrogen-bond donors (Lipinski definition) is 2. The van der Waals surface area contributed by atoms with Gasteiger partial charge in [-0.3, -0.25) is 4.72 Å². The molecule has 0 spiro atoms. The number of ether oxygens (including phenoxy) is 3. The van der Waals surface area contributed by atoms with E-state index in [1.54, 1.807) is 12.1 Å². The topological polar surface area (TPSA) is 111 Å². The third kappa shape index (κ3) is 4.39. The molecular formula is C18H16BrNO7S. The summed E-state index contributed by atoms with van der Waals surface area (Å²) in [7, 11) is -2.70. The highest BCUT2D eigenvalue weighted by molar-refractivity contribution is 9.10. The number of carbonyl (C=O) groups is 1. The molecule has 0 unspecified atom stereocenters. The SMILES string of the molecule is COc1ccc(C=CC(=O)O)cc1S(=O)(=O)Nc1cc2c(cc1Br)OCCO2. The van der Waals surface area contributed by atoms with Crippen molar-refractivity contribution in [2.75, 3.05) is 25.0 Å². The Hall–Kier alpha value is -2.72. The van der Waals surface area contributed by atoms with Crippen molar-refractivity contribution in [3.05, 3.63) is 46.4 Å². The highest BCUT2D eigenvalue weighted by Gasteiger charge is 2.23. The molecule has 10 heteroatoms. The van der Waals surface area contributed by atoms with Gasteiger partial charge in [-0.05, 0) is 39.7 Å². The Balaban J connectivity index is 1.99. The zero-order chi connectivity index (χ0) is 20.3. The maximum absolute atomic E-state index is 13.0. The smallest absolute Gasteiger partial charge is 0.328 e. The van der Waals surface area contributed by atoms with E-state index in [0.717, 1.165) is 6.08 Å². The molecule has 0 amide bonds. The standard InChI is InChI=1S/C18H16BrNO7S/c1-25-14-4-2-11(3-5-18(21)22)8-17(14)28(23,24)20-13-10-16-15(9-12(13)19)26-6-7-27-16/h2-5,8-10,20H,6-7H2,1H3,(H,21,22). The Morgan fingerprint density at radius 3 is 2.54 bits per heavy atom. The number of fused-ring (bicyclic) bond motifs is 1. The van der Waals surface area contributed by atoms with Gasteiger partial charge in [0.25, 0.3) is 10.0 Å². The minimum absolute atomic E-state index is 0.119. The average molecular weight is 470 g/mol. The van der Waals surface area contributed by atoms with Gasteiger partial charge in [0.15, 0.2) is 11.5 Å². The third-order valence-corrected chi connectivity index (χ3v) is 5.81. The summed E-state index contributed by atoms with van der Waals surface area (Å²) < 4.78 is 45.0. The molecule has 1 heterocycles. The summed E-state index contributed by atoms with van der Waals surface area (Å²) in [5, 5.41) is 8.76. The minimum Gasteiger partial charge on any atom is -0.495 e. The number of anilines is 1. The van der Waals surface area contributed by atoms with Crippen molar-refractivity contribution in [1.29, 1.82) is 0 Å². The third-order valence-electron chi connectivity index (χ3n) is 3.77. The Morgan fingerprint density at radius 1 is 1.21 bits per heavy atom. The number of benzene rings is 2. The van der Waals surface area contributed by atoms with Crippen molar-refractivity contribution in [2.45, 2.75) is 4.90 Å². The number of methoxy groups -OCH3 is 1. The molecule has 1 aliphatic rings. The van der Waals surface area contributed by atoms with Crippen LogP contribution >= 0.6 is 15.9 Å². The van der Waals surface area contributed by atoms with Crippen molar-refractivity contribution in [3.8, 4) is 17.2 Å². The summed E-state index contributed by atoms with van der Waals surface area (Å²) in [6.45, 7) is 0.783. The van der Waals surface area contributed by atoms with E-state index in [9.17, 15) is 13.2 Å². The zero-order valence-electron chi connectivity index (χ0n) is 14.6. The van der Waals surface area contributed by atoms with Crippen LogP contribution in [0.4, 0.5) is 5.69 Å². The van der Waals surface area contributed by atoms with Gasteiger partial charge in [-0.1, -0.05) is 6.07 Å². The quantitative estimate of drug-likeness (QED) is 0.624. The molecular weight excluding hydrogens is 454 g/mol. The fraction of sp³-hybridized carbons (Fsp3) is 0.167. The number of sulfonamides is 1. The number of aliphatic carboxylic acids is 1. The van der Waals surface area contributed by atoms with Crippen LogP contribution in [-0.4, -0.2) is 39.8 Å². The normalized spacial score (nSPS) is 13.4. The predicted molar refractivity (Wildman–Crippen MR) is 106 cm³/mol. The summed E-state index contributed by atoms with van der Waals surface area (Å²) >= 11 is 3.32. The molecule has 0 bridgehead atoms. The fourth-order valence-electron chi connectivity index (χ4n) is 2.52. The van der Waals surface area contributed by atoms with Gasteiger partial charge >= 0.3 is 5.97 Å². The van der Waals surface area contributed by atoms with Crippen LogP contribution in [0.1, 0.15) is 5.56 Å². The van der Waals surface area contributed by atoms with Crippen molar-refractivity contribution in [1.82, 2.24) is 0 Å². The molecule has 0 atom stereocenters. The molecule has 0 saturated heterocycles. The summed E-state index contributed by atoms with van der Waals surface area (Å²) in [5.41, 5.74) is 0.655. The predicted octanol–water partition coefficient (Wildman–Crippen LogP) is 3.13. The van der Waals surface area contributed by atoms with Gasteiger partial charge < -0.3 is 19.3 Å². The lowest BCUT2D eigenvalue weighted by molar-refractivity contribution is -0.131. The van der Waals surface area contributed by atoms with Gasteiger partial charge in [0.05, 0.1) is 12.8 Å². The van der Waals surface area contributed by atoms with Crippen molar-refractivity contribution < 1.29 is 32.5 Å². The monoisotopic (exact) mass is 469 g/mol. The second kappa shape index (κ2) is 8.11. The van der Waals surface area contributed by atoms with E-state index in [2.05, 4.69) is 20.7 Å². The molecule has 28 heavy (non-hydrogen) atoms. The van der Waals surface area contributed by atoms with E-state index in [-0.39, 0.29) is 16.3 Å². The molecule has 2 N–H and O–H groups in total. The van der Waals surface area contributed by atoms with Crippen LogP contribution in [0.5, 0.6) is 17.2 Å². The Kier molecular flexibility index (Phi) is 5.80. The Bertz CT molecular complexity index is 1050. The summed E-state index contributed by atoms with van der Waals surface area (Å²) in [6.07, 6.45) is 2.21. The van der Waals surface area contributed by atoms with Crippen molar-refractivity contribution >= 4 is 43.7 Å². The number of nitrogens with one attached hydrogen (secondary N) is 1. The lowest BCUT2D eigenvalue weighted by Gasteiger charge is -2.20. The van der Waals surface area contributed by atoms with Gasteiger partial charge in [-0.15, -0.1) is 0 Å². The van der Waals surface area contributed by atoms with Crippen LogP contribution in [-0.2, 0) is 14.8 Å². The highest BCUT2D eigenvalue weighted by atomic mass is 79.9. The molecule has 2 aromatic rings. The van der Waals surface area contributed by atoms with Crippen LogP contribution in [0.3, 0.4) is 0 Å². The van der Waals surface area contributed by atoms with Crippen LogP contribution < -0.4 is 18.9 Å². The second-order valence-corrected chi connectivity index (χ2v) is 8.17. The second-order valence-electron chi connectivity index (χ2n) is 5.66. The first-order valence-electron chi connectivity index (χ1n) is 8.01. The molecule has 148 valence electrons. The van der Waals surface area contributed by atoms with E-state index in [1.807, 2.05) is 0 Å². The van der Waals surface area contributed by atoms with Gasteiger partial charge in [-0.2, -0.15) is 0 Å². The molecule has 0 radical (unpaired) electrons. The van der Waals surface area contributed by atoms with E-state index < -0.39 is 16.0 Å². The van der Waals surface area contributed by atoms with E-state index in [0.29, 0.717) is 34.7 Å². The molecule has 8 nitrogen and oxygen atoms in total. The van der Waals surface area contributed by atoms with Crippen LogP contribution in [0.15, 0.2) is 45.8 Å². The molecule has 2 aromatic carbocycles. The van der Waals surface area contributed by atoms with Crippen molar-refractivity contribution in [3.63, 3.8) is 0 Å². The van der Waals surface area contributed by atoms with E-state index in [1.165, 1.54) is 31.4 Å². The molecule has 0 aromatic heterocycles. The Labute approximate surface area is 169 Å². The molecule has 0 saturated carbocycles. The number of halogens is 1. The first-order valence-corrected chi connectivity index (χ1v) is 10.3. The first kappa shape index (κ1) is 20.0. The maximum Gasteiger partial charge on any atom is 0.328 e. The molecule has 0 aliphatic carbocycles. The van der Waals surface area contributed by atoms with Gasteiger partial charge in [0.2, 0.25) is 0 Å². The molecule has 0 fully saturated rings. The number of rotatable bonds is 6. The summed E-state index contributed by atoms with van der Waals surface area (Å²) in [5.74, 6) is -0.0797. The lowest BCUT2D eigenvalue weighted by atomic mass is 10.2. The highest BCUT2D eigenvalue weighted by Crippen LogP contribution is 2.39. The summed E-state index contributed by atoms with van der Waals surface area (Å²) in [6, 6.07) is 7.48. The number of carboxylic acids is 1. The van der Waals surface area contributed by atoms with Gasteiger partial charge in [0, 0.05) is 22.7 Å². The fourth-order valence-corrected chi connectivity index (χ4v) is 4.34. The summed E-state index contributed by atoms with van der Waals surface area (Å²) in [4.78, 5) is 10.6. The van der Waals surface area contributed by atoms with Crippen LogP contribution in [0.2, 0.25) is 0 Å². The Morgan fingerprint density at radius 2 is 1.89 bits per heavy atom. The molecule has 3 rings (SSSR count). The van der Waals surface area contributed by atoms with Gasteiger partial charge in [0.1, 0.15) is 23.9 Å². The minimum atomic E-state index is -4.05. The van der Waals surface area contributed by atoms with Crippen LogP contribution in [0, 0.1) is 0 Å². The van der Waals surface area contributed by atoms with Crippen molar-refractivity contribution in [2.24, 2.45) is 0 Å². The molecule has 1 aliphatic heterocycles. The van der Waals surface area contributed by atoms with E-state index >= 15 is 0 Å².